The van der Waals surface area contributed by atoms with Crippen molar-refractivity contribution in [2.24, 2.45) is 17.8 Å². The lowest BCUT2D eigenvalue weighted by molar-refractivity contribution is -0.122. The second-order valence-electron chi connectivity index (χ2n) is 7.43. The van der Waals surface area contributed by atoms with Gasteiger partial charge in [0.2, 0.25) is 11.8 Å². The van der Waals surface area contributed by atoms with Crippen LogP contribution in [0.2, 0.25) is 10.0 Å². The van der Waals surface area contributed by atoms with Crippen molar-refractivity contribution in [2.45, 2.75) is 24.5 Å². The second-order valence-corrected chi connectivity index (χ2v) is 8.24. The number of pyridine rings is 1. The molecule has 5 rings (SSSR count). The van der Waals surface area contributed by atoms with Crippen LogP contribution in [0.5, 0.6) is 5.88 Å². The molecule has 6 atom stereocenters. The lowest BCUT2D eigenvalue weighted by Gasteiger charge is -2.27. The molecule has 0 radical (unpaired) electrons. The van der Waals surface area contributed by atoms with E-state index < -0.39 is 0 Å². The number of nitrogens with zero attached hydrogens (tertiary/aromatic N) is 1. The minimum atomic E-state index is -0.250. The van der Waals surface area contributed by atoms with Crippen LogP contribution < -0.4 is 10.1 Å². The number of carbonyl (C=O) groups is 1. The Kier molecular flexibility index (Phi) is 4.08. The largest absolute Gasteiger partial charge is 0.481 e. The maximum Gasteiger partial charge on any atom is 0.230 e. The Morgan fingerprint density at radius 3 is 2.78 bits per heavy atom. The Hall–Kier alpha value is -1.82. The van der Waals surface area contributed by atoms with Gasteiger partial charge in [0.1, 0.15) is 0 Å². The quantitative estimate of drug-likeness (QED) is 0.830. The first-order chi connectivity index (χ1) is 13.1. The Morgan fingerprint density at radius 2 is 2.00 bits per heavy atom. The van der Waals surface area contributed by atoms with Crippen LogP contribution in [0.25, 0.3) is 0 Å². The third-order valence-electron chi connectivity index (χ3n) is 5.99. The third kappa shape index (κ3) is 2.80. The minimum Gasteiger partial charge on any atom is -0.481 e. The first-order valence-electron chi connectivity index (χ1n) is 8.98. The van der Waals surface area contributed by atoms with Crippen LogP contribution in [-0.4, -0.2) is 30.2 Å². The molecule has 1 aromatic carbocycles. The van der Waals surface area contributed by atoms with Crippen molar-refractivity contribution >= 4 is 34.8 Å². The van der Waals surface area contributed by atoms with E-state index in [1.54, 1.807) is 31.5 Å². The summed E-state index contributed by atoms with van der Waals surface area (Å²) < 4.78 is 11.5. The van der Waals surface area contributed by atoms with Gasteiger partial charge in [-0.25, -0.2) is 4.98 Å². The Bertz CT molecular complexity index is 922. The molecule has 0 spiro atoms. The van der Waals surface area contributed by atoms with Crippen molar-refractivity contribution in [3.8, 4) is 5.88 Å². The molecule has 7 heteroatoms. The molecule has 5 nitrogen and oxygen atoms in total. The topological polar surface area (TPSA) is 60.5 Å². The summed E-state index contributed by atoms with van der Waals surface area (Å²) in [4.78, 5) is 17.4. The van der Waals surface area contributed by atoms with Gasteiger partial charge in [-0.1, -0.05) is 23.2 Å². The Morgan fingerprint density at radius 1 is 1.19 bits per heavy atom. The molecule has 2 saturated heterocycles. The predicted molar refractivity (Wildman–Crippen MR) is 102 cm³/mol. The number of benzene rings is 1. The summed E-state index contributed by atoms with van der Waals surface area (Å²) in [5.74, 6) is 1.31. The number of aromatic nitrogens is 1. The van der Waals surface area contributed by atoms with Crippen LogP contribution in [0.1, 0.15) is 17.9 Å². The van der Waals surface area contributed by atoms with Gasteiger partial charge in [-0.15, -0.1) is 0 Å². The van der Waals surface area contributed by atoms with E-state index in [1.165, 1.54) is 0 Å². The zero-order valence-electron chi connectivity index (χ0n) is 14.6. The molecule has 1 aliphatic carbocycles. The number of hydrogen-bond acceptors (Lipinski definition) is 4. The zero-order chi connectivity index (χ0) is 18.7. The maximum absolute atomic E-state index is 13.2. The first kappa shape index (κ1) is 17.3. The van der Waals surface area contributed by atoms with Gasteiger partial charge in [0.25, 0.3) is 0 Å². The second kappa shape index (κ2) is 6.36. The lowest BCUT2D eigenvalue weighted by atomic mass is 9.75. The van der Waals surface area contributed by atoms with Gasteiger partial charge in [0, 0.05) is 23.9 Å². The van der Waals surface area contributed by atoms with Crippen LogP contribution in [0, 0.1) is 17.8 Å². The van der Waals surface area contributed by atoms with E-state index in [0.29, 0.717) is 33.4 Å². The van der Waals surface area contributed by atoms with Crippen molar-refractivity contribution in [1.29, 1.82) is 0 Å². The van der Waals surface area contributed by atoms with Crippen molar-refractivity contribution in [1.82, 2.24) is 4.98 Å². The Balaban J connectivity index is 1.45. The van der Waals surface area contributed by atoms with E-state index in [4.69, 9.17) is 32.7 Å². The molecule has 2 aromatic rings. The summed E-state index contributed by atoms with van der Waals surface area (Å²) in [5.41, 5.74) is 1.67. The SMILES string of the molecule is COc1cc([C@H]2[C@H]3O[C@H]([C@@H]4C[C@@H]43)[C@@H]2C(=O)Nc2ccc(Cl)c(Cl)c2)ccn1. The number of methoxy groups -OCH3 is 1. The van der Waals surface area contributed by atoms with E-state index in [-0.39, 0.29) is 30.0 Å². The van der Waals surface area contributed by atoms with Crippen molar-refractivity contribution in [3.63, 3.8) is 0 Å². The highest BCUT2D eigenvalue weighted by molar-refractivity contribution is 6.42. The molecular weight excluding hydrogens is 387 g/mol. The van der Waals surface area contributed by atoms with Crippen LogP contribution in [0.15, 0.2) is 36.5 Å². The molecule has 2 bridgehead atoms. The van der Waals surface area contributed by atoms with Gasteiger partial charge < -0.3 is 14.8 Å². The highest BCUT2D eigenvalue weighted by Gasteiger charge is 2.68. The summed E-state index contributed by atoms with van der Waals surface area (Å²) in [5, 5.41) is 3.87. The van der Waals surface area contributed by atoms with Gasteiger partial charge in [0.05, 0.1) is 35.3 Å². The van der Waals surface area contributed by atoms with Crippen LogP contribution in [0.4, 0.5) is 5.69 Å². The normalized spacial score (nSPS) is 32.9. The van der Waals surface area contributed by atoms with Gasteiger partial charge in [-0.05, 0) is 48.1 Å². The van der Waals surface area contributed by atoms with Gasteiger partial charge >= 0.3 is 0 Å². The molecule has 3 heterocycles. The number of rotatable bonds is 4. The molecule has 1 N–H and O–H groups in total. The van der Waals surface area contributed by atoms with E-state index in [0.717, 1.165) is 12.0 Å². The molecule has 2 aliphatic heterocycles. The van der Waals surface area contributed by atoms with Gasteiger partial charge in [-0.2, -0.15) is 0 Å². The summed E-state index contributed by atoms with van der Waals surface area (Å²) in [7, 11) is 1.59. The zero-order valence-corrected chi connectivity index (χ0v) is 16.1. The van der Waals surface area contributed by atoms with E-state index >= 15 is 0 Å². The number of halogens is 2. The van der Waals surface area contributed by atoms with Crippen molar-refractivity contribution < 1.29 is 14.3 Å². The average Bonchev–Trinajstić information content (AvgIpc) is 3.29. The first-order valence-corrected chi connectivity index (χ1v) is 9.73. The van der Waals surface area contributed by atoms with Crippen LogP contribution in [-0.2, 0) is 9.53 Å². The predicted octanol–water partition coefficient (Wildman–Crippen LogP) is 4.15. The monoisotopic (exact) mass is 404 g/mol. The maximum atomic E-state index is 13.2. The fourth-order valence-corrected chi connectivity index (χ4v) is 5.04. The van der Waals surface area contributed by atoms with E-state index in [1.807, 2.05) is 12.1 Å². The number of anilines is 1. The number of carbonyl (C=O) groups excluding carboxylic acids is 1. The highest BCUT2D eigenvalue weighted by atomic mass is 35.5. The summed E-state index contributed by atoms with van der Waals surface area (Å²) in [6, 6.07) is 8.96. The lowest BCUT2D eigenvalue weighted by Crippen LogP contribution is -2.37. The average molecular weight is 405 g/mol. The molecular formula is C20H18Cl2N2O3. The standard InChI is InChI=1S/C20H18Cl2N2O3/c1-26-15-6-9(4-5-23-15)16-17(19-12-8-11(12)18(16)27-19)20(25)24-10-2-3-13(21)14(22)7-10/h2-7,11-12,16-19H,8H2,1H3,(H,24,25)/t11-,12+,16+,17+,18-,19+/m0/s1. The number of ether oxygens (including phenoxy) is 2. The fourth-order valence-electron chi connectivity index (χ4n) is 4.74. The molecule has 0 unspecified atom stereocenters. The number of fused-ring (bicyclic) bond motifs is 5. The number of amides is 1. The van der Waals surface area contributed by atoms with Crippen LogP contribution in [0.3, 0.4) is 0 Å². The smallest absolute Gasteiger partial charge is 0.230 e. The molecule has 1 saturated carbocycles. The minimum absolute atomic E-state index is 0.00146. The molecule has 3 fully saturated rings. The number of nitrogens with one attached hydrogen (secondary N) is 1. The molecule has 27 heavy (non-hydrogen) atoms. The van der Waals surface area contributed by atoms with Gasteiger partial charge in [0.15, 0.2) is 0 Å². The summed E-state index contributed by atoms with van der Waals surface area (Å²) in [6.07, 6.45) is 2.91. The fraction of sp³-hybridized carbons (Fsp3) is 0.400. The Labute approximate surface area is 167 Å². The van der Waals surface area contributed by atoms with E-state index in [2.05, 4.69) is 10.3 Å². The van der Waals surface area contributed by atoms with Gasteiger partial charge in [-0.3, -0.25) is 4.79 Å². The molecule has 1 amide bonds. The summed E-state index contributed by atoms with van der Waals surface area (Å²) >= 11 is 12.0. The van der Waals surface area contributed by atoms with E-state index in [9.17, 15) is 4.79 Å². The van der Waals surface area contributed by atoms with Crippen molar-refractivity contribution in [2.75, 3.05) is 12.4 Å². The highest BCUT2D eigenvalue weighted by Crippen LogP contribution is 2.65. The number of hydrogen-bond donors (Lipinski definition) is 1. The van der Waals surface area contributed by atoms with Crippen molar-refractivity contribution in [3.05, 3.63) is 52.1 Å². The van der Waals surface area contributed by atoms with Crippen LogP contribution >= 0.6 is 23.2 Å². The third-order valence-corrected chi connectivity index (χ3v) is 6.73. The molecule has 1 aromatic heterocycles. The summed E-state index contributed by atoms with van der Waals surface area (Å²) in [6.45, 7) is 0. The molecule has 3 aliphatic rings. The molecule has 140 valence electrons.